The van der Waals surface area contributed by atoms with E-state index in [4.69, 9.17) is 11.2 Å². The van der Waals surface area contributed by atoms with Crippen molar-refractivity contribution < 1.29 is 4.74 Å². The smallest absolute Gasteiger partial charge is 0.123 e. The molecule has 1 heteroatoms. The lowest BCUT2D eigenvalue weighted by Gasteiger charge is -1.97. The molecule has 1 nitrogen and oxygen atoms in total. The Morgan fingerprint density at radius 1 is 1.20 bits per heavy atom. The Hall–Kier alpha value is -1.42. The molecule has 0 bridgehead atoms. The number of ether oxygens (including phenoxy) is 1. The Labute approximate surface area is 93.5 Å². The Morgan fingerprint density at radius 3 is 2.47 bits per heavy atom. The van der Waals surface area contributed by atoms with Gasteiger partial charge in [0.05, 0.1) is 6.61 Å². The Kier molecular flexibility index (Phi) is 7.18. The standard InChI is InChI=1S/C10H8O.2C2H6/c1-2-8-3-4-9-5-6-11-10(9)7-8;2*1-2/h1,3-4,7H,5-6H2;2*1-2H3. The second-order valence-electron chi connectivity index (χ2n) is 2.57. The molecule has 1 aromatic carbocycles. The second-order valence-corrected chi connectivity index (χ2v) is 2.57. The first-order chi connectivity index (χ1) is 7.40. The third-order valence-electron chi connectivity index (χ3n) is 1.86. The van der Waals surface area contributed by atoms with E-state index in [1.807, 2.05) is 45.9 Å². The van der Waals surface area contributed by atoms with Gasteiger partial charge in [-0.15, -0.1) is 6.42 Å². The Balaban J connectivity index is 0.000000442. The van der Waals surface area contributed by atoms with Crippen LogP contribution in [0.25, 0.3) is 0 Å². The third-order valence-corrected chi connectivity index (χ3v) is 1.86. The molecule has 1 aliphatic heterocycles. The summed E-state index contributed by atoms with van der Waals surface area (Å²) in [5.41, 5.74) is 2.16. The van der Waals surface area contributed by atoms with Crippen molar-refractivity contribution in [1.29, 1.82) is 0 Å². The molecule has 0 fully saturated rings. The Bertz CT molecular complexity index is 321. The van der Waals surface area contributed by atoms with Crippen LogP contribution in [0.3, 0.4) is 0 Å². The molecule has 0 aromatic heterocycles. The first kappa shape index (κ1) is 13.6. The third kappa shape index (κ3) is 3.67. The van der Waals surface area contributed by atoms with Crippen molar-refractivity contribution in [3.8, 4) is 18.1 Å². The van der Waals surface area contributed by atoms with Gasteiger partial charge in [0, 0.05) is 12.0 Å². The van der Waals surface area contributed by atoms with Crippen LogP contribution in [0.5, 0.6) is 5.75 Å². The van der Waals surface area contributed by atoms with Crippen molar-refractivity contribution >= 4 is 0 Å². The monoisotopic (exact) mass is 204 g/mol. The number of terminal acetylenes is 1. The van der Waals surface area contributed by atoms with E-state index in [9.17, 15) is 0 Å². The highest BCUT2D eigenvalue weighted by molar-refractivity contribution is 5.45. The predicted octanol–water partition coefficient (Wildman–Crippen LogP) is 3.66. The van der Waals surface area contributed by atoms with Crippen molar-refractivity contribution in [2.75, 3.05) is 6.61 Å². The van der Waals surface area contributed by atoms with Crippen molar-refractivity contribution in [1.82, 2.24) is 0 Å². The molecule has 0 aliphatic carbocycles. The molecular formula is C14H20O. The molecule has 82 valence electrons. The zero-order valence-electron chi connectivity index (χ0n) is 10.1. The minimum atomic E-state index is 0.795. The maximum Gasteiger partial charge on any atom is 0.123 e. The normalized spacial score (nSPS) is 10.6. The van der Waals surface area contributed by atoms with Gasteiger partial charge in [-0.05, 0) is 17.7 Å². The number of hydrogen-bond donors (Lipinski definition) is 0. The fourth-order valence-electron chi connectivity index (χ4n) is 1.26. The predicted molar refractivity (Wildman–Crippen MR) is 66.3 cm³/mol. The van der Waals surface area contributed by atoms with Gasteiger partial charge >= 0.3 is 0 Å². The fourth-order valence-corrected chi connectivity index (χ4v) is 1.26. The van der Waals surface area contributed by atoms with Crippen LogP contribution in [0, 0.1) is 12.3 Å². The topological polar surface area (TPSA) is 9.23 Å². The summed E-state index contributed by atoms with van der Waals surface area (Å²) in [5.74, 6) is 3.54. The van der Waals surface area contributed by atoms with Crippen molar-refractivity contribution in [2.45, 2.75) is 34.1 Å². The quantitative estimate of drug-likeness (QED) is 0.586. The minimum absolute atomic E-state index is 0.795. The zero-order chi connectivity index (χ0) is 11.7. The van der Waals surface area contributed by atoms with Gasteiger partial charge in [0.1, 0.15) is 5.75 Å². The lowest BCUT2D eigenvalue weighted by atomic mass is 10.1. The molecule has 0 saturated carbocycles. The van der Waals surface area contributed by atoms with E-state index in [-0.39, 0.29) is 0 Å². The maximum atomic E-state index is 5.35. The van der Waals surface area contributed by atoms with Gasteiger partial charge < -0.3 is 4.74 Å². The molecule has 1 aromatic rings. The molecule has 1 heterocycles. The Morgan fingerprint density at radius 2 is 1.87 bits per heavy atom. The number of hydrogen-bond acceptors (Lipinski definition) is 1. The van der Waals surface area contributed by atoms with Crippen LogP contribution >= 0.6 is 0 Å². The van der Waals surface area contributed by atoms with Gasteiger partial charge in [0.15, 0.2) is 0 Å². The molecule has 0 saturated heterocycles. The molecule has 0 amide bonds. The molecule has 0 spiro atoms. The highest BCUT2D eigenvalue weighted by Gasteiger charge is 2.10. The lowest BCUT2D eigenvalue weighted by Crippen LogP contribution is -1.86. The van der Waals surface area contributed by atoms with E-state index in [0.717, 1.165) is 24.3 Å². The van der Waals surface area contributed by atoms with Gasteiger partial charge in [-0.2, -0.15) is 0 Å². The SMILES string of the molecule is C#Cc1ccc2c(c1)OCC2.CC.CC. The first-order valence-electron chi connectivity index (χ1n) is 5.62. The summed E-state index contributed by atoms with van der Waals surface area (Å²) in [6.45, 7) is 8.79. The van der Waals surface area contributed by atoms with Gasteiger partial charge in [-0.1, -0.05) is 39.7 Å². The van der Waals surface area contributed by atoms with Crippen LogP contribution in [-0.4, -0.2) is 6.61 Å². The molecule has 0 atom stereocenters. The van der Waals surface area contributed by atoms with E-state index in [1.54, 1.807) is 0 Å². The summed E-state index contributed by atoms with van der Waals surface area (Å²) in [6, 6.07) is 5.91. The summed E-state index contributed by atoms with van der Waals surface area (Å²) in [7, 11) is 0. The highest BCUT2D eigenvalue weighted by atomic mass is 16.5. The summed E-state index contributed by atoms with van der Waals surface area (Å²) in [6.07, 6.45) is 6.25. The first-order valence-corrected chi connectivity index (χ1v) is 5.62. The summed E-state index contributed by atoms with van der Waals surface area (Å²) in [5, 5.41) is 0. The maximum absolute atomic E-state index is 5.35. The summed E-state index contributed by atoms with van der Waals surface area (Å²) < 4.78 is 5.35. The molecule has 15 heavy (non-hydrogen) atoms. The molecule has 1 aliphatic rings. The molecule has 0 unspecified atom stereocenters. The average molecular weight is 204 g/mol. The van der Waals surface area contributed by atoms with Gasteiger partial charge in [0.2, 0.25) is 0 Å². The molecule has 0 radical (unpaired) electrons. The van der Waals surface area contributed by atoms with E-state index in [2.05, 4.69) is 5.92 Å². The van der Waals surface area contributed by atoms with Crippen molar-refractivity contribution in [2.24, 2.45) is 0 Å². The van der Waals surface area contributed by atoms with E-state index in [1.165, 1.54) is 5.56 Å². The zero-order valence-corrected chi connectivity index (χ0v) is 10.1. The second kappa shape index (κ2) is 7.94. The van der Waals surface area contributed by atoms with Crippen LogP contribution in [0.15, 0.2) is 18.2 Å². The van der Waals surface area contributed by atoms with Crippen molar-refractivity contribution in [3.05, 3.63) is 29.3 Å². The number of rotatable bonds is 0. The molecule has 0 N–H and O–H groups in total. The number of fused-ring (bicyclic) bond motifs is 1. The lowest BCUT2D eigenvalue weighted by molar-refractivity contribution is 0.356. The molecular weight excluding hydrogens is 184 g/mol. The van der Waals surface area contributed by atoms with Crippen LogP contribution in [0.4, 0.5) is 0 Å². The van der Waals surface area contributed by atoms with E-state index >= 15 is 0 Å². The molecule has 2 rings (SSSR count). The van der Waals surface area contributed by atoms with E-state index in [0.29, 0.717) is 0 Å². The summed E-state index contributed by atoms with van der Waals surface area (Å²) >= 11 is 0. The minimum Gasteiger partial charge on any atom is -0.493 e. The van der Waals surface area contributed by atoms with Crippen LogP contribution in [0.2, 0.25) is 0 Å². The average Bonchev–Trinajstić information content (AvgIpc) is 2.81. The highest BCUT2D eigenvalue weighted by Crippen LogP contribution is 2.25. The largest absolute Gasteiger partial charge is 0.493 e. The van der Waals surface area contributed by atoms with Crippen LogP contribution < -0.4 is 4.74 Å². The van der Waals surface area contributed by atoms with Gasteiger partial charge in [-0.3, -0.25) is 0 Å². The van der Waals surface area contributed by atoms with Crippen LogP contribution in [-0.2, 0) is 6.42 Å². The fraction of sp³-hybridized carbons (Fsp3) is 0.429. The van der Waals surface area contributed by atoms with Gasteiger partial charge in [-0.25, -0.2) is 0 Å². The van der Waals surface area contributed by atoms with Gasteiger partial charge in [0.25, 0.3) is 0 Å². The van der Waals surface area contributed by atoms with Crippen molar-refractivity contribution in [3.63, 3.8) is 0 Å². The number of benzene rings is 1. The van der Waals surface area contributed by atoms with Crippen LogP contribution in [0.1, 0.15) is 38.8 Å². The van der Waals surface area contributed by atoms with E-state index < -0.39 is 0 Å². The summed E-state index contributed by atoms with van der Waals surface area (Å²) in [4.78, 5) is 0.